The predicted octanol–water partition coefficient (Wildman–Crippen LogP) is 0.686. The Bertz CT molecular complexity index is 405. The molecule has 5 nitrogen and oxygen atoms in total. The topological polar surface area (TPSA) is 48.2 Å². The molecule has 1 aliphatic heterocycles. The highest BCUT2D eigenvalue weighted by atomic mass is 16.5. The van der Waals surface area contributed by atoms with Crippen LogP contribution in [0.1, 0.15) is 19.8 Å². The zero-order valence-corrected chi connectivity index (χ0v) is 11.1. The van der Waals surface area contributed by atoms with Crippen LogP contribution in [0.5, 0.6) is 0 Å². The maximum absolute atomic E-state index is 11.9. The van der Waals surface area contributed by atoms with Crippen LogP contribution in [0.4, 0.5) is 0 Å². The van der Waals surface area contributed by atoms with Crippen molar-refractivity contribution < 1.29 is 4.74 Å². The molecule has 0 spiro atoms. The monoisotopic (exact) mass is 253 g/mol. The SMILES string of the molecule is CCCn1ccn(CCNCC2CCOC2)c1=O. The van der Waals surface area contributed by atoms with Gasteiger partial charge in [0.2, 0.25) is 0 Å². The quantitative estimate of drug-likeness (QED) is 0.727. The standard InChI is InChI=1S/C13H23N3O2/c1-2-5-15-7-8-16(13(15)17)6-4-14-10-12-3-9-18-11-12/h7-8,12,14H,2-6,9-11H2,1H3. The molecule has 1 unspecified atom stereocenters. The lowest BCUT2D eigenvalue weighted by molar-refractivity contribution is 0.185. The van der Waals surface area contributed by atoms with Crippen LogP contribution in [0, 0.1) is 5.92 Å². The van der Waals surface area contributed by atoms with Gasteiger partial charge in [-0.05, 0) is 18.8 Å². The van der Waals surface area contributed by atoms with E-state index < -0.39 is 0 Å². The van der Waals surface area contributed by atoms with Gasteiger partial charge in [-0.1, -0.05) is 6.92 Å². The highest BCUT2D eigenvalue weighted by molar-refractivity contribution is 4.81. The largest absolute Gasteiger partial charge is 0.381 e. The molecule has 0 aromatic carbocycles. The number of nitrogens with zero attached hydrogens (tertiary/aromatic N) is 2. The molecule has 0 amide bonds. The Morgan fingerprint density at radius 3 is 2.83 bits per heavy atom. The Kier molecular flexibility index (Phi) is 5.01. The molecule has 1 aromatic rings. The summed E-state index contributed by atoms with van der Waals surface area (Å²) in [6.45, 7) is 7.22. The predicted molar refractivity (Wildman–Crippen MR) is 70.8 cm³/mol. The van der Waals surface area contributed by atoms with Crippen molar-refractivity contribution in [3.05, 3.63) is 22.9 Å². The number of nitrogens with one attached hydrogen (secondary N) is 1. The van der Waals surface area contributed by atoms with E-state index in [-0.39, 0.29) is 5.69 Å². The van der Waals surface area contributed by atoms with E-state index in [4.69, 9.17) is 4.74 Å². The van der Waals surface area contributed by atoms with Gasteiger partial charge in [0, 0.05) is 45.2 Å². The lowest BCUT2D eigenvalue weighted by atomic mass is 10.1. The molecule has 18 heavy (non-hydrogen) atoms. The maximum Gasteiger partial charge on any atom is 0.328 e. The van der Waals surface area contributed by atoms with Gasteiger partial charge in [0.1, 0.15) is 0 Å². The lowest BCUT2D eigenvalue weighted by Crippen LogP contribution is -2.30. The van der Waals surface area contributed by atoms with E-state index in [9.17, 15) is 4.79 Å². The number of aromatic nitrogens is 2. The van der Waals surface area contributed by atoms with E-state index in [2.05, 4.69) is 12.2 Å². The molecule has 1 aliphatic rings. The summed E-state index contributed by atoms with van der Waals surface area (Å²) in [6.07, 6.45) is 5.89. The fraction of sp³-hybridized carbons (Fsp3) is 0.769. The van der Waals surface area contributed by atoms with E-state index in [0.717, 1.165) is 52.2 Å². The van der Waals surface area contributed by atoms with Crippen LogP contribution in [0.15, 0.2) is 17.2 Å². The van der Waals surface area contributed by atoms with Gasteiger partial charge in [0.15, 0.2) is 0 Å². The van der Waals surface area contributed by atoms with Gasteiger partial charge in [0.25, 0.3) is 0 Å². The first-order chi connectivity index (χ1) is 8.81. The first kappa shape index (κ1) is 13.4. The second-order valence-electron chi connectivity index (χ2n) is 4.90. The van der Waals surface area contributed by atoms with Crippen LogP contribution in [-0.4, -0.2) is 35.4 Å². The van der Waals surface area contributed by atoms with Crippen LogP contribution in [0.3, 0.4) is 0 Å². The van der Waals surface area contributed by atoms with Gasteiger partial charge in [-0.25, -0.2) is 4.79 Å². The van der Waals surface area contributed by atoms with Crippen LogP contribution in [0.25, 0.3) is 0 Å². The van der Waals surface area contributed by atoms with Gasteiger partial charge in [-0.3, -0.25) is 9.13 Å². The zero-order valence-electron chi connectivity index (χ0n) is 11.1. The molecule has 0 radical (unpaired) electrons. The van der Waals surface area contributed by atoms with Crippen molar-refractivity contribution in [2.75, 3.05) is 26.3 Å². The van der Waals surface area contributed by atoms with Gasteiger partial charge in [-0.15, -0.1) is 0 Å². The summed E-state index contributed by atoms with van der Waals surface area (Å²) in [5.41, 5.74) is 0.0999. The molecule has 0 aliphatic carbocycles. The zero-order chi connectivity index (χ0) is 12.8. The van der Waals surface area contributed by atoms with E-state index >= 15 is 0 Å². The average molecular weight is 253 g/mol. The summed E-state index contributed by atoms with van der Waals surface area (Å²) >= 11 is 0. The molecular formula is C13H23N3O2. The van der Waals surface area contributed by atoms with E-state index in [1.165, 1.54) is 0 Å². The van der Waals surface area contributed by atoms with Crippen LogP contribution >= 0.6 is 0 Å². The molecule has 2 heterocycles. The highest BCUT2D eigenvalue weighted by Gasteiger charge is 2.14. The second kappa shape index (κ2) is 6.75. The minimum atomic E-state index is 0.0999. The van der Waals surface area contributed by atoms with Gasteiger partial charge in [0.05, 0.1) is 6.61 Å². The number of ether oxygens (including phenoxy) is 1. The molecule has 0 saturated carbocycles. The highest BCUT2D eigenvalue weighted by Crippen LogP contribution is 2.10. The van der Waals surface area contributed by atoms with Crippen molar-refractivity contribution in [2.24, 2.45) is 5.92 Å². The van der Waals surface area contributed by atoms with E-state index in [1.807, 2.05) is 12.4 Å². The van der Waals surface area contributed by atoms with E-state index in [1.54, 1.807) is 9.13 Å². The summed E-state index contributed by atoms with van der Waals surface area (Å²) < 4.78 is 8.86. The molecular weight excluding hydrogens is 230 g/mol. The summed E-state index contributed by atoms with van der Waals surface area (Å²) in [5, 5.41) is 3.40. The molecule has 2 rings (SSSR count). The van der Waals surface area contributed by atoms with Gasteiger partial charge in [-0.2, -0.15) is 0 Å². The lowest BCUT2D eigenvalue weighted by Gasteiger charge is -2.09. The smallest absolute Gasteiger partial charge is 0.328 e. The molecule has 1 fully saturated rings. The summed E-state index contributed by atoms with van der Waals surface area (Å²) in [5.74, 6) is 0.645. The third kappa shape index (κ3) is 3.46. The minimum Gasteiger partial charge on any atom is -0.381 e. The van der Waals surface area contributed by atoms with Gasteiger partial charge >= 0.3 is 5.69 Å². The Balaban J connectivity index is 1.71. The van der Waals surface area contributed by atoms with Crippen LogP contribution < -0.4 is 11.0 Å². The number of aryl methyl sites for hydroxylation is 1. The number of hydrogen-bond acceptors (Lipinski definition) is 3. The van der Waals surface area contributed by atoms with Crippen molar-refractivity contribution in [2.45, 2.75) is 32.9 Å². The number of imidazole rings is 1. The molecule has 0 bridgehead atoms. The molecule has 5 heteroatoms. The summed E-state index contributed by atoms with van der Waals surface area (Å²) in [7, 11) is 0. The minimum absolute atomic E-state index is 0.0999. The Hall–Kier alpha value is -1.07. The fourth-order valence-electron chi connectivity index (χ4n) is 2.28. The average Bonchev–Trinajstić information content (AvgIpc) is 2.98. The van der Waals surface area contributed by atoms with Gasteiger partial charge < -0.3 is 10.1 Å². The first-order valence-electron chi connectivity index (χ1n) is 6.85. The third-order valence-electron chi connectivity index (χ3n) is 3.37. The summed E-state index contributed by atoms with van der Waals surface area (Å²) in [4.78, 5) is 11.9. The first-order valence-corrected chi connectivity index (χ1v) is 6.85. The Morgan fingerprint density at radius 1 is 1.39 bits per heavy atom. The van der Waals surface area contributed by atoms with E-state index in [0.29, 0.717) is 5.92 Å². The molecule has 1 atom stereocenters. The third-order valence-corrected chi connectivity index (χ3v) is 3.37. The van der Waals surface area contributed by atoms with Crippen molar-refractivity contribution in [3.63, 3.8) is 0 Å². The van der Waals surface area contributed by atoms with Crippen molar-refractivity contribution in [1.82, 2.24) is 14.5 Å². The molecule has 102 valence electrons. The van der Waals surface area contributed by atoms with Crippen molar-refractivity contribution >= 4 is 0 Å². The second-order valence-corrected chi connectivity index (χ2v) is 4.90. The Morgan fingerprint density at radius 2 is 2.17 bits per heavy atom. The maximum atomic E-state index is 11.9. The van der Waals surface area contributed by atoms with Crippen LogP contribution in [-0.2, 0) is 17.8 Å². The molecule has 1 saturated heterocycles. The summed E-state index contributed by atoms with van der Waals surface area (Å²) in [6, 6.07) is 0. The number of rotatable bonds is 7. The fourth-order valence-corrected chi connectivity index (χ4v) is 2.28. The normalized spacial score (nSPS) is 19.5. The molecule has 1 N–H and O–H groups in total. The van der Waals surface area contributed by atoms with Crippen molar-refractivity contribution in [1.29, 1.82) is 0 Å². The number of hydrogen-bond donors (Lipinski definition) is 1. The molecule has 1 aromatic heterocycles. The van der Waals surface area contributed by atoms with Crippen molar-refractivity contribution in [3.8, 4) is 0 Å². The Labute approximate surface area is 108 Å². The van der Waals surface area contributed by atoms with Crippen LogP contribution in [0.2, 0.25) is 0 Å².